The summed E-state index contributed by atoms with van der Waals surface area (Å²) in [7, 11) is 0. The number of benzene rings is 1. The molecule has 114 valence electrons. The molecule has 1 aliphatic rings. The van der Waals surface area contributed by atoms with Crippen LogP contribution in [0.3, 0.4) is 0 Å². The Morgan fingerprint density at radius 2 is 1.90 bits per heavy atom. The van der Waals surface area contributed by atoms with Crippen molar-refractivity contribution in [3.63, 3.8) is 0 Å². The number of nitrogens with one attached hydrogen (secondary N) is 1. The molecule has 0 aliphatic carbocycles. The zero-order valence-corrected chi connectivity index (χ0v) is 12.4. The second-order valence-electron chi connectivity index (χ2n) is 4.59. The lowest BCUT2D eigenvalue weighted by Crippen LogP contribution is -2.45. The molecule has 0 spiro atoms. The molecule has 0 unspecified atom stereocenters. The van der Waals surface area contributed by atoms with Gasteiger partial charge in [0, 0.05) is 43.7 Å². The number of halogens is 5. The monoisotopic (exact) mass is 328 g/mol. The van der Waals surface area contributed by atoms with E-state index in [0.717, 1.165) is 13.1 Å². The Bertz CT molecular complexity index is 426. The van der Waals surface area contributed by atoms with Crippen LogP contribution in [0.25, 0.3) is 0 Å². The predicted molar refractivity (Wildman–Crippen MR) is 76.5 cm³/mol. The average Bonchev–Trinajstić information content (AvgIpc) is 2.37. The van der Waals surface area contributed by atoms with Crippen LogP contribution in [0.1, 0.15) is 18.0 Å². The van der Waals surface area contributed by atoms with Crippen LogP contribution in [0.2, 0.25) is 5.02 Å². The van der Waals surface area contributed by atoms with Crippen LogP contribution in [-0.4, -0.2) is 37.5 Å². The molecule has 0 radical (unpaired) electrons. The van der Waals surface area contributed by atoms with Crippen molar-refractivity contribution in [2.45, 2.75) is 18.9 Å². The van der Waals surface area contributed by atoms with Gasteiger partial charge >= 0.3 is 0 Å². The van der Waals surface area contributed by atoms with Gasteiger partial charge < -0.3 is 5.32 Å². The van der Waals surface area contributed by atoms with Crippen LogP contribution < -0.4 is 5.32 Å². The minimum Gasteiger partial charge on any atom is -0.314 e. The highest BCUT2D eigenvalue weighted by molar-refractivity contribution is 6.31. The van der Waals surface area contributed by atoms with Gasteiger partial charge in [-0.05, 0) is 17.7 Å². The maximum Gasteiger partial charge on any atom is 0.240 e. The van der Waals surface area contributed by atoms with E-state index in [1.807, 2.05) is 4.90 Å². The molecule has 0 saturated carbocycles. The zero-order chi connectivity index (χ0) is 13.8. The van der Waals surface area contributed by atoms with Gasteiger partial charge in [-0.15, -0.1) is 12.4 Å². The molecule has 0 aromatic heterocycles. The van der Waals surface area contributed by atoms with E-state index in [9.17, 15) is 13.2 Å². The number of hydrogen-bond donors (Lipinski definition) is 1. The number of hydrogen-bond acceptors (Lipinski definition) is 2. The lowest BCUT2D eigenvalue weighted by molar-refractivity contribution is 0.0739. The number of rotatable bonds is 4. The standard InChI is InChI=1S/C13H16ClF3N2.ClH/c14-11-7-9(15)1-2-10(11)12(8-13(16)17)19-5-3-18-4-6-19;/h1-2,7,12-13,18H,3-6,8H2;1H/t12-;/m0./s1. The summed E-state index contributed by atoms with van der Waals surface area (Å²) in [5, 5.41) is 3.39. The average molecular weight is 329 g/mol. The molecule has 0 bridgehead atoms. The molecule has 1 heterocycles. The van der Waals surface area contributed by atoms with Crippen molar-refractivity contribution in [3.8, 4) is 0 Å². The Morgan fingerprint density at radius 1 is 1.25 bits per heavy atom. The summed E-state index contributed by atoms with van der Waals surface area (Å²) < 4.78 is 38.6. The van der Waals surface area contributed by atoms with E-state index in [1.165, 1.54) is 18.2 Å². The molecule has 0 amide bonds. The van der Waals surface area contributed by atoms with Gasteiger partial charge in [0.05, 0.1) is 0 Å². The quantitative estimate of drug-likeness (QED) is 0.910. The molecule has 1 atom stereocenters. The zero-order valence-electron chi connectivity index (χ0n) is 10.8. The fourth-order valence-electron chi connectivity index (χ4n) is 2.41. The first-order valence-electron chi connectivity index (χ1n) is 6.26. The third-order valence-corrected chi connectivity index (χ3v) is 3.64. The van der Waals surface area contributed by atoms with Crippen molar-refractivity contribution in [2.75, 3.05) is 26.2 Å². The Hall–Kier alpha value is -0.490. The Kier molecular flexibility index (Phi) is 7.09. The first kappa shape index (κ1) is 17.6. The molecule has 1 saturated heterocycles. The number of nitrogens with zero attached hydrogens (tertiary/aromatic N) is 1. The molecular weight excluding hydrogens is 312 g/mol. The summed E-state index contributed by atoms with van der Waals surface area (Å²) >= 11 is 6.00. The van der Waals surface area contributed by atoms with E-state index in [-0.39, 0.29) is 23.9 Å². The molecule has 1 aliphatic heterocycles. The van der Waals surface area contributed by atoms with Gasteiger partial charge in [-0.1, -0.05) is 17.7 Å². The minimum absolute atomic E-state index is 0. The first-order chi connectivity index (χ1) is 9.08. The number of alkyl halides is 2. The Labute approximate surface area is 127 Å². The summed E-state index contributed by atoms with van der Waals surface area (Å²) in [5.41, 5.74) is 0.574. The van der Waals surface area contributed by atoms with Crippen LogP contribution in [0.15, 0.2) is 18.2 Å². The van der Waals surface area contributed by atoms with Gasteiger partial charge in [-0.25, -0.2) is 13.2 Å². The van der Waals surface area contributed by atoms with Crippen molar-refractivity contribution in [2.24, 2.45) is 0 Å². The third-order valence-electron chi connectivity index (χ3n) is 3.32. The van der Waals surface area contributed by atoms with Gasteiger partial charge in [0.1, 0.15) is 5.82 Å². The maximum absolute atomic E-state index is 13.1. The van der Waals surface area contributed by atoms with E-state index in [1.54, 1.807) is 0 Å². The second kappa shape index (κ2) is 8.08. The van der Waals surface area contributed by atoms with Crippen molar-refractivity contribution >= 4 is 24.0 Å². The predicted octanol–water partition coefficient (Wildman–Crippen LogP) is 3.50. The van der Waals surface area contributed by atoms with E-state index >= 15 is 0 Å². The van der Waals surface area contributed by atoms with Crippen LogP contribution in [0.5, 0.6) is 0 Å². The molecular formula is C13H17Cl2F3N2. The van der Waals surface area contributed by atoms with Gasteiger partial charge in [0.25, 0.3) is 0 Å². The maximum atomic E-state index is 13.1. The van der Waals surface area contributed by atoms with Gasteiger partial charge in [0.15, 0.2) is 0 Å². The fraction of sp³-hybridized carbons (Fsp3) is 0.538. The molecule has 2 rings (SSSR count). The van der Waals surface area contributed by atoms with Crippen molar-refractivity contribution in [1.29, 1.82) is 0 Å². The van der Waals surface area contributed by atoms with Gasteiger partial charge in [-0.3, -0.25) is 4.90 Å². The highest BCUT2D eigenvalue weighted by Crippen LogP contribution is 2.32. The molecule has 1 aromatic carbocycles. The third kappa shape index (κ3) is 4.52. The van der Waals surface area contributed by atoms with Crippen LogP contribution in [0.4, 0.5) is 13.2 Å². The van der Waals surface area contributed by atoms with Crippen LogP contribution in [0, 0.1) is 5.82 Å². The Morgan fingerprint density at radius 3 is 2.45 bits per heavy atom. The lowest BCUT2D eigenvalue weighted by Gasteiger charge is -2.35. The Balaban J connectivity index is 0.00000200. The summed E-state index contributed by atoms with van der Waals surface area (Å²) in [6.45, 7) is 2.90. The second-order valence-corrected chi connectivity index (χ2v) is 5.00. The van der Waals surface area contributed by atoms with Gasteiger partial charge in [0.2, 0.25) is 6.43 Å². The highest BCUT2D eigenvalue weighted by atomic mass is 35.5. The van der Waals surface area contributed by atoms with Crippen LogP contribution >= 0.6 is 24.0 Å². The van der Waals surface area contributed by atoms with Crippen molar-refractivity contribution < 1.29 is 13.2 Å². The molecule has 1 aromatic rings. The molecule has 2 nitrogen and oxygen atoms in total. The first-order valence-corrected chi connectivity index (χ1v) is 6.63. The largest absolute Gasteiger partial charge is 0.314 e. The van der Waals surface area contributed by atoms with Crippen LogP contribution in [-0.2, 0) is 0 Å². The van der Waals surface area contributed by atoms with E-state index < -0.39 is 18.3 Å². The summed E-state index contributed by atoms with van der Waals surface area (Å²) in [6.07, 6.45) is -2.70. The summed E-state index contributed by atoms with van der Waals surface area (Å²) in [6, 6.07) is 3.49. The van der Waals surface area contributed by atoms with Gasteiger partial charge in [-0.2, -0.15) is 0 Å². The smallest absolute Gasteiger partial charge is 0.240 e. The SMILES string of the molecule is Cl.Fc1ccc([C@H](CC(F)F)N2CCNCC2)c(Cl)c1. The van der Waals surface area contributed by atoms with Crippen molar-refractivity contribution in [1.82, 2.24) is 10.2 Å². The van der Waals surface area contributed by atoms with Crippen molar-refractivity contribution in [3.05, 3.63) is 34.6 Å². The molecule has 20 heavy (non-hydrogen) atoms. The molecule has 7 heteroatoms. The summed E-state index contributed by atoms with van der Waals surface area (Å²) in [5.74, 6) is -0.454. The minimum atomic E-state index is -2.42. The molecule has 1 fully saturated rings. The van der Waals surface area contributed by atoms with E-state index in [4.69, 9.17) is 11.6 Å². The topological polar surface area (TPSA) is 15.3 Å². The number of piperazine rings is 1. The molecule has 1 N–H and O–H groups in total. The highest BCUT2D eigenvalue weighted by Gasteiger charge is 2.27. The normalized spacial score (nSPS) is 17.9. The fourth-order valence-corrected chi connectivity index (χ4v) is 2.70. The van der Waals surface area contributed by atoms with E-state index in [0.29, 0.717) is 18.7 Å². The summed E-state index contributed by atoms with van der Waals surface area (Å²) in [4.78, 5) is 1.97. The lowest BCUT2D eigenvalue weighted by atomic mass is 10.0. The van der Waals surface area contributed by atoms with E-state index in [2.05, 4.69) is 5.32 Å².